The Labute approximate surface area is 482 Å². The summed E-state index contributed by atoms with van der Waals surface area (Å²) in [6, 6.07) is 0.764. The number of ketones is 1. The van der Waals surface area contributed by atoms with Crippen molar-refractivity contribution in [3.8, 4) is 0 Å². The fourth-order valence-electron chi connectivity index (χ4n) is 8.54. The van der Waals surface area contributed by atoms with Crippen LogP contribution in [0.3, 0.4) is 0 Å². The van der Waals surface area contributed by atoms with E-state index in [1.165, 1.54) is 205 Å². The second-order valence-corrected chi connectivity index (χ2v) is 29.1. The molecule has 0 N–H and O–H groups in total. The van der Waals surface area contributed by atoms with Crippen LogP contribution in [0.2, 0.25) is 25.7 Å². The Kier molecular flexibility index (Phi) is 65.7. The van der Waals surface area contributed by atoms with Gasteiger partial charge in [-0.25, -0.2) is 0 Å². The molecule has 0 aliphatic rings. The maximum atomic E-state index is 12.1. The van der Waals surface area contributed by atoms with Gasteiger partial charge in [-0.3, -0.25) is 14.4 Å². The average molecular weight is 1100 g/mol. The van der Waals surface area contributed by atoms with Crippen molar-refractivity contribution in [2.75, 3.05) is 54.6 Å². The Morgan fingerprint density at radius 2 is 0.701 bits per heavy atom. The van der Waals surface area contributed by atoms with Crippen molar-refractivity contribution >= 4 is 25.7 Å². The standard InChI is InChI=1S/C33H61NO2.C29H54O2.C7H17NOSi/c1-5-7-9-11-13-14-15-16-17-18-19-20-21-23-25-27-29-36-31-32(30-33(35)34(3)4)28-26-24-22-12-10-8-6-2;1-3-5-7-9-11-12-13-14-15-16-17-18-19-21-23-25-27-31-28-29(30)26-24-22-20-10-8-6-4-2;1-8(2)7(9)6-10(3,4)5/h13-14,16-17,30H,5-12,15,18-29,31H2,1-4H3;11-12,14-15H,3-10,13,16-28H2,1-2H3;6H2,1-5H3/b14-13-,17-16-,32-30+;12-11-,15-14-;. The Hall–Kier alpha value is -2.55. The van der Waals surface area contributed by atoms with Crippen molar-refractivity contribution in [3.63, 3.8) is 0 Å². The first kappa shape index (κ1) is 78.7. The maximum Gasteiger partial charge on any atom is 0.246 e. The van der Waals surface area contributed by atoms with E-state index in [1.54, 1.807) is 15.9 Å². The molecule has 7 nitrogen and oxygen atoms in total. The SMILES string of the molecule is CCCCC/C=C\C/C=C\CCCCCCCCOC/C(=C/C(=O)N(C)C)CCCCCCCCC.CCCCC/C=C\C/C=C\CCCCCCCCOCC(=O)CCCCCCCCC.CN(C)C(=O)C[Si](C)(C)C. The largest absolute Gasteiger partial charge is 0.377 e. The van der Waals surface area contributed by atoms with Crippen molar-refractivity contribution in [1.29, 1.82) is 0 Å². The van der Waals surface area contributed by atoms with Crippen LogP contribution in [0.25, 0.3) is 0 Å². The van der Waals surface area contributed by atoms with Crippen molar-refractivity contribution < 1.29 is 23.9 Å². The first-order chi connectivity index (χ1) is 37.2. The monoisotopic (exact) mass is 1100 g/mol. The summed E-state index contributed by atoms with van der Waals surface area (Å²) in [6.07, 6.45) is 70.2. The smallest absolute Gasteiger partial charge is 0.246 e. The number of hydrogen-bond acceptors (Lipinski definition) is 5. The predicted octanol–water partition coefficient (Wildman–Crippen LogP) is 20.9. The van der Waals surface area contributed by atoms with Crippen LogP contribution in [0.5, 0.6) is 0 Å². The molecule has 0 aliphatic heterocycles. The highest BCUT2D eigenvalue weighted by atomic mass is 28.3. The number of ether oxygens (including phenoxy) is 2. The Balaban J connectivity index is -0.00000121. The zero-order chi connectivity index (χ0) is 57.6. The van der Waals surface area contributed by atoms with Gasteiger partial charge in [0.25, 0.3) is 0 Å². The van der Waals surface area contributed by atoms with Gasteiger partial charge in [0.05, 0.1) is 14.7 Å². The van der Waals surface area contributed by atoms with Crippen LogP contribution in [0.1, 0.15) is 285 Å². The molecule has 0 aromatic rings. The summed E-state index contributed by atoms with van der Waals surface area (Å²) in [6.45, 7) is 18.1. The van der Waals surface area contributed by atoms with E-state index >= 15 is 0 Å². The number of allylic oxidation sites excluding steroid dienone is 8. The molecule has 452 valence electrons. The summed E-state index contributed by atoms with van der Waals surface area (Å²) in [7, 11) is 6.07. The molecule has 0 unspecified atom stereocenters. The van der Waals surface area contributed by atoms with Gasteiger partial charge >= 0.3 is 0 Å². The number of carbonyl (C=O) groups excluding carboxylic acids is 3. The van der Waals surface area contributed by atoms with Crippen molar-refractivity contribution in [2.24, 2.45) is 0 Å². The minimum absolute atomic E-state index is 0.0743. The van der Waals surface area contributed by atoms with Crippen molar-refractivity contribution in [3.05, 3.63) is 60.3 Å². The number of likely N-dealkylation sites (N-methyl/N-ethyl adjacent to an activating group) is 1. The molecule has 0 radical (unpaired) electrons. The fraction of sp³-hybridized carbons (Fsp3) is 0.812. The van der Waals surface area contributed by atoms with Gasteiger partial charge in [-0.1, -0.05) is 250 Å². The van der Waals surface area contributed by atoms with Gasteiger partial charge in [-0.2, -0.15) is 0 Å². The highest BCUT2D eigenvalue weighted by Gasteiger charge is 2.18. The van der Waals surface area contributed by atoms with E-state index in [0.29, 0.717) is 19.6 Å². The summed E-state index contributed by atoms with van der Waals surface area (Å²) in [4.78, 5) is 38.4. The van der Waals surface area contributed by atoms with Gasteiger partial charge in [-0.05, 0) is 102 Å². The first-order valence-electron chi connectivity index (χ1n) is 32.6. The molecule has 2 amide bonds. The third-order valence-electron chi connectivity index (χ3n) is 13.6. The van der Waals surface area contributed by atoms with E-state index in [-0.39, 0.29) is 17.6 Å². The van der Waals surface area contributed by atoms with Gasteiger partial charge in [0.2, 0.25) is 11.8 Å². The predicted molar refractivity (Wildman–Crippen MR) is 344 cm³/mol. The maximum absolute atomic E-state index is 12.1. The summed E-state index contributed by atoms with van der Waals surface area (Å²) in [5.41, 5.74) is 1.15. The van der Waals surface area contributed by atoms with E-state index < -0.39 is 8.07 Å². The molecular formula is C69H132N2O5Si. The average Bonchev–Trinajstić information content (AvgIpc) is 3.39. The van der Waals surface area contributed by atoms with Crippen LogP contribution in [0.15, 0.2) is 60.3 Å². The topological polar surface area (TPSA) is 76.2 Å². The Bertz CT molecular complexity index is 1410. The van der Waals surface area contributed by atoms with E-state index in [4.69, 9.17) is 9.47 Å². The number of carbonyl (C=O) groups is 3. The molecule has 77 heavy (non-hydrogen) atoms. The summed E-state index contributed by atoms with van der Waals surface area (Å²) in [5.74, 6) is 0.623. The minimum Gasteiger partial charge on any atom is -0.377 e. The number of hydrogen-bond donors (Lipinski definition) is 0. The third kappa shape index (κ3) is 71.4. The lowest BCUT2D eigenvalue weighted by atomic mass is 10.0. The first-order valence-corrected chi connectivity index (χ1v) is 36.3. The van der Waals surface area contributed by atoms with Crippen LogP contribution in [0, 0.1) is 0 Å². The van der Waals surface area contributed by atoms with Crippen LogP contribution < -0.4 is 0 Å². The zero-order valence-corrected chi connectivity index (χ0v) is 54.5. The molecule has 0 aromatic heterocycles. The summed E-state index contributed by atoms with van der Waals surface area (Å²) in [5, 5.41) is 0. The van der Waals surface area contributed by atoms with Crippen LogP contribution in [0.4, 0.5) is 0 Å². The van der Waals surface area contributed by atoms with Gasteiger partial charge in [0.15, 0.2) is 5.78 Å². The Morgan fingerprint density at radius 3 is 1.06 bits per heavy atom. The van der Waals surface area contributed by atoms with Gasteiger partial charge in [0, 0.05) is 59.9 Å². The van der Waals surface area contributed by atoms with Crippen LogP contribution in [-0.2, 0) is 23.9 Å². The lowest BCUT2D eigenvalue weighted by Gasteiger charge is -2.18. The molecule has 0 heterocycles. The quantitative estimate of drug-likeness (QED) is 0.0263. The second-order valence-electron chi connectivity index (χ2n) is 23.6. The molecule has 0 spiro atoms. The minimum atomic E-state index is -1.17. The molecule has 8 heteroatoms. The van der Waals surface area contributed by atoms with E-state index in [0.717, 1.165) is 69.8 Å². The van der Waals surface area contributed by atoms with Gasteiger partial charge < -0.3 is 19.3 Å². The lowest BCUT2D eigenvalue weighted by molar-refractivity contribution is -0.126. The molecule has 0 bridgehead atoms. The van der Waals surface area contributed by atoms with Crippen molar-refractivity contribution in [1.82, 2.24) is 9.80 Å². The molecule has 0 atom stereocenters. The molecule has 0 fully saturated rings. The van der Waals surface area contributed by atoms with Crippen molar-refractivity contribution in [2.45, 2.75) is 310 Å². The molecule has 0 aliphatic carbocycles. The molecule has 0 aromatic carbocycles. The fourth-order valence-corrected chi connectivity index (χ4v) is 9.76. The number of amides is 2. The molecule has 0 saturated carbocycles. The molecular weight excluding hydrogens is 965 g/mol. The molecule has 0 saturated heterocycles. The number of unbranched alkanes of at least 4 members (excludes halogenated alkanes) is 30. The summed E-state index contributed by atoms with van der Waals surface area (Å²) < 4.78 is 11.5. The lowest BCUT2D eigenvalue weighted by Crippen LogP contribution is -2.31. The second kappa shape index (κ2) is 64.3. The molecule has 0 rings (SSSR count). The van der Waals surface area contributed by atoms with Gasteiger partial charge in [-0.15, -0.1) is 0 Å². The Morgan fingerprint density at radius 1 is 0.377 bits per heavy atom. The van der Waals surface area contributed by atoms with Gasteiger partial charge in [0.1, 0.15) is 6.61 Å². The normalized spacial score (nSPS) is 12.0. The van der Waals surface area contributed by atoms with E-state index in [9.17, 15) is 14.4 Å². The van der Waals surface area contributed by atoms with E-state index in [2.05, 4.69) is 95.9 Å². The highest BCUT2D eigenvalue weighted by molar-refractivity contribution is 6.78. The van der Waals surface area contributed by atoms with Crippen LogP contribution in [-0.4, -0.2) is 90.1 Å². The summed E-state index contributed by atoms with van der Waals surface area (Å²) >= 11 is 0. The number of nitrogens with zero attached hydrogens (tertiary/aromatic N) is 2. The van der Waals surface area contributed by atoms with Crippen LogP contribution >= 0.6 is 0 Å². The third-order valence-corrected chi connectivity index (χ3v) is 15.0. The number of rotatable bonds is 53. The number of Topliss-reactive ketones (excluding diaryl/α,β-unsaturated/α-hetero) is 1. The van der Waals surface area contributed by atoms with E-state index in [1.807, 2.05) is 28.2 Å². The highest BCUT2D eigenvalue weighted by Crippen LogP contribution is 2.16. The zero-order valence-electron chi connectivity index (χ0n) is 53.5.